The van der Waals surface area contributed by atoms with E-state index in [4.69, 9.17) is 23.8 Å². The molecule has 22 heavy (non-hydrogen) atoms. The second-order valence-electron chi connectivity index (χ2n) is 4.69. The van der Waals surface area contributed by atoms with Gasteiger partial charge in [-0.15, -0.1) is 0 Å². The first-order chi connectivity index (χ1) is 10.5. The maximum atomic E-state index is 11.0. The minimum Gasteiger partial charge on any atom is -0.358 e. The van der Waals surface area contributed by atoms with E-state index >= 15 is 0 Å². The fraction of sp³-hybridized carbons (Fsp3) is 0.125. The van der Waals surface area contributed by atoms with Gasteiger partial charge in [-0.3, -0.25) is 4.79 Å². The number of benzene rings is 2. The number of hydrogen-bond donors (Lipinski definition) is 3. The number of nitrogens with one attached hydrogen (secondary N) is 3. The molecule has 0 fully saturated rings. The van der Waals surface area contributed by atoms with Crippen LogP contribution in [-0.2, 0) is 11.3 Å². The third-order valence-corrected chi connectivity index (χ3v) is 3.33. The van der Waals surface area contributed by atoms with E-state index < -0.39 is 0 Å². The zero-order valence-electron chi connectivity index (χ0n) is 12.0. The highest BCUT2D eigenvalue weighted by Crippen LogP contribution is 2.13. The van der Waals surface area contributed by atoms with E-state index in [1.54, 1.807) is 0 Å². The van der Waals surface area contributed by atoms with E-state index in [0.717, 1.165) is 16.9 Å². The predicted molar refractivity (Wildman–Crippen MR) is 95.3 cm³/mol. The van der Waals surface area contributed by atoms with E-state index in [-0.39, 0.29) is 5.91 Å². The Morgan fingerprint density at radius 1 is 1.00 bits per heavy atom. The molecule has 0 aromatic heterocycles. The number of carbonyl (C=O) groups is 1. The fourth-order valence-corrected chi connectivity index (χ4v) is 2.12. The van der Waals surface area contributed by atoms with Gasteiger partial charge >= 0.3 is 0 Å². The van der Waals surface area contributed by atoms with E-state index in [9.17, 15) is 4.79 Å². The van der Waals surface area contributed by atoms with Gasteiger partial charge in [0.1, 0.15) is 0 Å². The highest BCUT2D eigenvalue weighted by Gasteiger charge is 2.00. The second kappa shape index (κ2) is 7.77. The van der Waals surface area contributed by atoms with Crippen LogP contribution >= 0.6 is 23.8 Å². The van der Waals surface area contributed by atoms with Crippen molar-refractivity contribution in [1.82, 2.24) is 5.32 Å². The lowest BCUT2D eigenvalue weighted by Gasteiger charge is -2.11. The monoisotopic (exact) mass is 333 g/mol. The van der Waals surface area contributed by atoms with Gasteiger partial charge in [-0.2, -0.15) is 0 Å². The van der Waals surface area contributed by atoms with Crippen LogP contribution in [0.15, 0.2) is 48.5 Å². The highest BCUT2D eigenvalue weighted by atomic mass is 35.5. The Morgan fingerprint density at radius 2 is 1.55 bits per heavy atom. The smallest absolute Gasteiger partial charge is 0.221 e. The molecule has 0 spiro atoms. The van der Waals surface area contributed by atoms with Crippen molar-refractivity contribution >= 4 is 46.2 Å². The van der Waals surface area contributed by atoms with Crippen LogP contribution in [0.5, 0.6) is 0 Å². The number of anilines is 2. The molecule has 0 unspecified atom stereocenters. The van der Waals surface area contributed by atoms with E-state index in [0.29, 0.717) is 16.7 Å². The Hall–Kier alpha value is -2.11. The van der Waals surface area contributed by atoms with Crippen LogP contribution < -0.4 is 16.0 Å². The molecule has 0 aliphatic rings. The average molecular weight is 334 g/mol. The van der Waals surface area contributed by atoms with Crippen LogP contribution in [0.25, 0.3) is 0 Å². The van der Waals surface area contributed by atoms with Crippen LogP contribution in [0.1, 0.15) is 12.5 Å². The first-order valence-electron chi connectivity index (χ1n) is 6.70. The van der Waals surface area contributed by atoms with E-state index in [1.165, 1.54) is 6.92 Å². The zero-order valence-corrected chi connectivity index (χ0v) is 13.6. The molecule has 2 aromatic rings. The van der Waals surface area contributed by atoms with Gasteiger partial charge < -0.3 is 16.0 Å². The third kappa shape index (κ3) is 5.35. The summed E-state index contributed by atoms with van der Waals surface area (Å²) >= 11 is 11.1. The van der Waals surface area contributed by atoms with Crippen molar-refractivity contribution in [3.8, 4) is 0 Å². The van der Waals surface area contributed by atoms with Gasteiger partial charge in [0.05, 0.1) is 0 Å². The lowest BCUT2D eigenvalue weighted by Crippen LogP contribution is -2.27. The zero-order chi connectivity index (χ0) is 15.9. The number of halogens is 1. The first-order valence-corrected chi connectivity index (χ1v) is 7.48. The minimum atomic E-state index is -0.0964. The van der Waals surface area contributed by atoms with Gasteiger partial charge in [0.25, 0.3) is 0 Å². The molecule has 0 atom stereocenters. The number of hydrogen-bond acceptors (Lipinski definition) is 2. The van der Waals surface area contributed by atoms with Gasteiger partial charge in [-0.25, -0.2) is 0 Å². The first kappa shape index (κ1) is 16.3. The molecule has 6 heteroatoms. The highest BCUT2D eigenvalue weighted by molar-refractivity contribution is 7.80. The topological polar surface area (TPSA) is 53.2 Å². The molecular formula is C16H16ClN3OS. The Morgan fingerprint density at radius 3 is 2.09 bits per heavy atom. The van der Waals surface area contributed by atoms with Gasteiger partial charge in [-0.05, 0) is 54.2 Å². The molecule has 3 N–H and O–H groups in total. The third-order valence-electron chi connectivity index (χ3n) is 2.83. The largest absolute Gasteiger partial charge is 0.358 e. The van der Waals surface area contributed by atoms with E-state index in [2.05, 4.69) is 16.0 Å². The Balaban J connectivity index is 1.83. The molecule has 114 valence electrons. The predicted octanol–water partition coefficient (Wildman–Crippen LogP) is 3.79. The summed E-state index contributed by atoms with van der Waals surface area (Å²) in [5.74, 6) is -0.0964. The van der Waals surface area contributed by atoms with Crippen molar-refractivity contribution in [2.24, 2.45) is 0 Å². The molecule has 0 bridgehead atoms. The number of carbonyl (C=O) groups excluding carboxylic acids is 1. The summed E-state index contributed by atoms with van der Waals surface area (Å²) in [7, 11) is 0. The Labute approximate surface area is 139 Å². The van der Waals surface area contributed by atoms with Crippen LogP contribution in [0, 0.1) is 0 Å². The molecule has 2 aromatic carbocycles. The summed E-state index contributed by atoms with van der Waals surface area (Å²) < 4.78 is 0. The van der Waals surface area contributed by atoms with Crippen molar-refractivity contribution in [3.63, 3.8) is 0 Å². The van der Waals surface area contributed by atoms with Gasteiger partial charge in [0.15, 0.2) is 5.11 Å². The summed E-state index contributed by atoms with van der Waals surface area (Å²) in [6, 6.07) is 14.9. The average Bonchev–Trinajstić information content (AvgIpc) is 2.48. The molecule has 4 nitrogen and oxygen atoms in total. The molecule has 0 saturated heterocycles. The molecule has 0 radical (unpaired) electrons. The summed E-state index contributed by atoms with van der Waals surface area (Å²) in [5.41, 5.74) is 2.69. The summed E-state index contributed by atoms with van der Waals surface area (Å²) in [6.07, 6.45) is 0. The van der Waals surface area contributed by atoms with Crippen LogP contribution in [0.4, 0.5) is 11.4 Å². The van der Waals surface area contributed by atoms with Crippen molar-refractivity contribution in [1.29, 1.82) is 0 Å². The number of thiocarbonyl (C=S) groups is 1. The number of amides is 1. The standard InChI is InChI=1S/C16H16ClN3OS/c1-11(21)19-14-6-8-15(9-7-14)20-16(22)18-10-12-2-4-13(17)5-3-12/h2-9H,10H2,1H3,(H,19,21)(H2,18,20,22). The Bertz CT molecular complexity index is 656. The quantitative estimate of drug-likeness (QED) is 0.745. The van der Waals surface area contributed by atoms with Gasteiger partial charge in [-0.1, -0.05) is 23.7 Å². The summed E-state index contributed by atoms with van der Waals surface area (Å²) in [5, 5.41) is 10.2. The summed E-state index contributed by atoms with van der Waals surface area (Å²) in [4.78, 5) is 11.0. The van der Waals surface area contributed by atoms with Crippen LogP contribution in [0.3, 0.4) is 0 Å². The SMILES string of the molecule is CC(=O)Nc1ccc(NC(=S)NCc2ccc(Cl)cc2)cc1. The van der Waals surface area contributed by atoms with Crippen molar-refractivity contribution in [3.05, 3.63) is 59.1 Å². The van der Waals surface area contributed by atoms with Crippen molar-refractivity contribution < 1.29 is 4.79 Å². The number of rotatable bonds is 4. The second-order valence-corrected chi connectivity index (χ2v) is 5.54. The molecule has 0 aliphatic carbocycles. The molecular weight excluding hydrogens is 318 g/mol. The Kier molecular flexibility index (Phi) is 5.75. The summed E-state index contributed by atoms with van der Waals surface area (Å²) in [6.45, 7) is 2.09. The fourth-order valence-electron chi connectivity index (χ4n) is 1.80. The molecule has 0 aliphatic heterocycles. The van der Waals surface area contributed by atoms with Crippen molar-refractivity contribution in [2.45, 2.75) is 13.5 Å². The maximum absolute atomic E-state index is 11.0. The van der Waals surface area contributed by atoms with Gasteiger partial charge in [0, 0.05) is 29.9 Å². The molecule has 0 saturated carbocycles. The molecule has 0 heterocycles. The molecule has 2 rings (SSSR count). The van der Waals surface area contributed by atoms with Gasteiger partial charge in [0.2, 0.25) is 5.91 Å². The normalized spacial score (nSPS) is 9.91. The maximum Gasteiger partial charge on any atom is 0.221 e. The van der Waals surface area contributed by atoms with Crippen molar-refractivity contribution in [2.75, 3.05) is 10.6 Å². The minimum absolute atomic E-state index is 0.0964. The molecule has 1 amide bonds. The van der Waals surface area contributed by atoms with Crippen LogP contribution in [-0.4, -0.2) is 11.0 Å². The lowest BCUT2D eigenvalue weighted by atomic mass is 10.2. The lowest BCUT2D eigenvalue weighted by molar-refractivity contribution is -0.114. The van der Waals surface area contributed by atoms with E-state index in [1.807, 2.05) is 48.5 Å². The van der Waals surface area contributed by atoms with Crippen LogP contribution in [0.2, 0.25) is 5.02 Å².